The average molecular weight is 296 g/mol. The molecule has 0 aromatic heterocycles. The second kappa shape index (κ2) is 4.72. The first-order valence-corrected chi connectivity index (χ1v) is 9.52. The number of nitrogens with one attached hydrogen (secondary N) is 1. The lowest BCUT2D eigenvalue weighted by Crippen LogP contribution is -2.47. The van der Waals surface area contributed by atoms with Crippen molar-refractivity contribution in [3.05, 3.63) is 0 Å². The third kappa shape index (κ3) is 2.00. The predicted molar refractivity (Wildman–Crippen MR) is 78.8 cm³/mol. The van der Waals surface area contributed by atoms with Crippen LogP contribution in [0, 0.1) is 23.7 Å². The second-order valence-electron chi connectivity index (χ2n) is 7.15. The molecule has 4 rings (SSSR count). The van der Waals surface area contributed by atoms with Crippen LogP contribution in [-0.4, -0.2) is 45.8 Å². The van der Waals surface area contributed by atoms with Crippen LogP contribution in [-0.2, 0) is 10.8 Å². The van der Waals surface area contributed by atoms with E-state index in [9.17, 15) is 9.00 Å². The van der Waals surface area contributed by atoms with Crippen molar-refractivity contribution in [1.82, 2.24) is 10.2 Å². The lowest BCUT2D eigenvalue weighted by atomic mass is 10.0. The molecule has 4 nitrogen and oxygen atoms in total. The predicted octanol–water partition coefficient (Wildman–Crippen LogP) is 1.58. The first kappa shape index (κ1) is 13.1. The van der Waals surface area contributed by atoms with Gasteiger partial charge in [-0.2, -0.15) is 0 Å². The van der Waals surface area contributed by atoms with Crippen LogP contribution < -0.4 is 5.32 Å². The largest absolute Gasteiger partial charge is 0.335 e. The van der Waals surface area contributed by atoms with E-state index in [4.69, 9.17) is 0 Å². The van der Waals surface area contributed by atoms with E-state index in [1.807, 2.05) is 11.9 Å². The van der Waals surface area contributed by atoms with Crippen molar-refractivity contribution in [2.45, 2.75) is 44.2 Å². The SMILES string of the molecule is CN(C(=O)NC1[C@@H]2[C@H]3CC[C@@H](C3)[C@@H]12)C1CCS(=O)CC1. The summed E-state index contributed by atoms with van der Waals surface area (Å²) in [4.78, 5) is 14.2. The van der Waals surface area contributed by atoms with Gasteiger partial charge < -0.3 is 10.2 Å². The maximum Gasteiger partial charge on any atom is 0.317 e. The van der Waals surface area contributed by atoms with Gasteiger partial charge in [0.15, 0.2) is 0 Å². The highest BCUT2D eigenvalue weighted by Crippen LogP contribution is 2.65. The highest BCUT2D eigenvalue weighted by atomic mass is 32.2. The summed E-state index contributed by atoms with van der Waals surface area (Å²) in [6, 6.07) is 0.846. The van der Waals surface area contributed by atoms with Crippen molar-refractivity contribution in [3.63, 3.8) is 0 Å². The molecule has 2 bridgehead atoms. The highest BCUT2D eigenvalue weighted by molar-refractivity contribution is 7.85. The molecule has 4 fully saturated rings. The first-order chi connectivity index (χ1) is 9.65. The number of carbonyl (C=O) groups excluding carboxylic acids is 1. The van der Waals surface area contributed by atoms with Gasteiger partial charge in [-0.15, -0.1) is 0 Å². The van der Waals surface area contributed by atoms with Gasteiger partial charge in [-0.1, -0.05) is 0 Å². The van der Waals surface area contributed by atoms with Gasteiger partial charge in [0.1, 0.15) is 0 Å². The molecule has 0 radical (unpaired) electrons. The van der Waals surface area contributed by atoms with Crippen molar-refractivity contribution < 1.29 is 9.00 Å². The number of amides is 2. The molecule has 0 unspecified atom stereocenters. The van der Waals surface area contributed by atoms with E-state index in [2.05, 4.69) is 5.32 Å². The fraction of sp³-hybridized carbons (Fsp3) is 0.933. The fourth-order valence-electron chi connectivity index (χ4n) is 5.10. The third-order valence-corrected chi connectivity index (χ3v) is 7.63. The molecule has 5 heteroatoms. The quantitative estimate of drug-likeness (QED) is 0.841. The maximum absolute atomic E-state index is 12.4. The van der Waals surface area contributed by atoms with Gasteiger partial charge in [-0.05, 0) is 55.8 Å². The van der Waals surface area contributed by atoms with E-state index >= 15 is 0 Å². The van der Waals surface area contributed by atoms with Crippen molar-refractivity contribution in [2.75, 3.05) is 18.6 Å². The molecule has 1 N–H and O–H groups in total. The number of urea groups is 1. The number of hydrogen-bond donors (Lipinski definition) is 1. The van der Waals surface area contributed by atoms with E-state index in [0.717, 1.165) is 48.0 Å². The van der Waals surface area contributed by atoms with Crippen molar-refractivity contribution in [3.8, 4) is 0 Å². The van der Waals surface area contributed by atoms with E-state index in [-0.39, 0.29) is 12.1 Å². The van der Waals surface area contributed by atoms with Gasteiger partial charge in [0.2, 0.25) is 0 Å². The summed E-state index contributed by atoms with van der Waals surface area (Å²) in [7, 11) is 1.25. The summed E-state index contributed by atoms with van der Waals surface area (Å²) in [5, 5.41) is 3.28. The second-order valence-corrected chi connectivity index (χ2v) is 8.85. The minimum Gasteiger partial charge on any atom is -0.335 e. The molecule has 0 aromatic carbocycles. The summed E-state index contributed by atoms with van der Waals surface area (Å²) in [5.74, 6) is 4.90. The summed E-state index contributed by atoms with van der Waals surface area (Å²) in [6.07, 6.45) is 5.98. The minimum absolute atomic E-state index is 0.0986. The topological polar surface area (TPSA) is 49.4 Å². The summed E-state index contributed by atoms with van der Waals surface area (Å²) < 4.78 is 11.4. The van der Waals surface area contributed by atoms with Crippen LogP contribution in [0.1, 0.15) is 32.1 Å². The maximum atomic E-state index is 12.4. The molecule has 3 aliphatic carbocycles. The van der Waals surface area contributed by atoms with Crippen LogP contribution in [0.15, 0.2) is 0 Å². The lowest BCUT2D eigenvalue weighted by molar-refractivity contribution is 0.183. The number of hydrogen-bond acceptors (Lipinski definition) is 2. The number of fused-ring (bicyclic) bond motifs is 5. The molecule has 3 saturated carbocycles. The lowest BCUT2D eigenvalue weighted by Gasteiger charge is -2.31. The number of carbonyl (C=O) groups is 1. The average Bonchev–Trinajstić information content (AvgIpc) is 2.84. The molecule has 0 aromatic rings. The standard InChI is InChI=1S/C15H24N2O2S/c1-17(11-4-6-20(19)7-5-11)15(18)16-14-12-9-2-3-10(8-9)13(12)14/h9-14H,2-8H2,1H3,(H,16,18)/t9-,10-,11?,12+,13+,20?/m0/s1. The first-order valence-electron chi connectivity index (χ1n) is 8.03. The molecule has 0 spiro atoms. The van der Waals surface area contributed by atoms with E-state index in [1.165, 1.54) is 19.3 Å². The van der Waals surface area contributed by atoms with Crippen LogP contribution in [0.5, 0.6) is 0 Å². The highest BCUT2D eigenvalue weighted by Gasteiger charge is 2.65. The van der Waals surface area contributed by atoms with Crippen LogP contribution in [0.25, 0.3) is 0 Å². The Balaban J connectivity index is 1.31. The molecular formula is C15H24N2O2S. The van der Waals surface area contributed by atoms with Gasteiger partial charge >= 0.3 is 6.03 Å². The monoisotopic (exact) mass is 296 g/mol. The zero-order chi connectivity index (χ0) is 13.9. The van der Waals surface area contributed by atoms with Crippen molar-refractivity contribution in [2.24, 2.45) is 23.7 Å². The van der Waals surface area contributed by atoms with Gasteiger partial charge in [-0.3, -0.25) is 4.21 Å². The van der Waals surface area contributed by atoms with Gasteiger partial charge in [0.05, 0.1) is 0 Å². The van der Waals surface area contributed by atoms with Crippen LogP contribution in [0.2, 0.25) is 0 Å². The van der Waals surface area contributed by atoms with Gasteiger partial charge in [0, 0.05) is 41.4 Å². The Hall–Kier alpha value is -0.580. The van der Waals surface area contributed by atoms with E-state index in [1.54, 1.807) is 0 Å². The summed E-state index contributed by atoms with van der Waals surface area (Å²) in [6.45, 7) is 0. The molecule has 4 atom stereocenters. The molecule has 1 aliphatic heterocycles. The molecule has 112 valence electrons. The Kier molecular flexibility index (Phi) is 3.09. The summed E-state index contributed by atoms with van der Waals surface area (Å²) >= 11 is 0. The Morgan fingerprint density at radius 1 is 1.10 bits per heavy atom. The Morgan fingerprint density at radius 2 is 1.70 bits per heavy atom. The van der Waals surface area contributed by atoms with E-state index < -0.39 is 10.8 Å². The molecule has 1 heterocycles. The smallest absolute Gasteiger partial charge is 0.317 e. The van der Waals surface area contributed by atoms with Crippen molar-refractivity contribution >= 4 is 16.8 Å². The van der Waals surface area contributed by atoms with Crippen molar-refractivity contribution in [1.29, 1.82) is 0 Å². The number of nitrogens with zero attached hydrogens (tertiary/aromatic N) is 1. The zero-order valence-corrected chi connectivity index (χ0v) is 12.9. The Bertz CT molecular complexity index is 429. The summed E-state index contributed by atoms with van der Waals surface area (Å²) in [5.41, 5.74) is 0. The van der Waals surface area contributed by atoms with Gasteiger partial charge in [-0.25, -0.2) is 4.79 Å². The third-order valence-electron chi connectivity index (χ3n) is 6.25. The van der Waals surface area contributed by atoms with Crippen LogP contribution >= 0.6 is 0 Å². The molecular weight excluding hydrogens is 272 g/mol. The van der Waals surface area contributed by atoms with Crippen LogP contribution in [0.3, 0.4) is 0 Å². The van der Waals surface area contributed by atoms with Gasteiger partial charge in [0.25, 0.3) is 0 Å². The molecule has 1 saturated heterocycles. The zero-order valence-electron chi connectivity index (χ0n) is 12.1. The molecule has 4 aliphatic rings. The Labute approximate surface area is 123 Å². The fourth-order valence-corrected chi connectivity index (χ4v) is 6.37. The normalized spacial score (nSPS) is 48.8. The van der Waals surface area contributed by atoms with E-state index in [0.29, 0.717) is 6.04 Å². The number of rotatable bonds is 2. The molecule has 20 heavy (non-hydrogen) atoms. The Morgan fingerprint density at radius 3 is 2.30 bits per heavy atom. The molecule has 2 amide bonds. The minimum atomic E-state index is -0.652. The van der Waals surface area contributed by atoms with Crippen LogP contribution in [0.4, 0.5) is 4.79 Å².